The molecule has 27 heavy (non-hydrogen) atoms. The third-order valence-electron chi connectivity index (χ3n) is 7.98. The molecule has 0 bridgehead atoms. The maximum atomic E-state index is 13.3. The number of ketones is 1. The van der Waals surface area contributed by atoms with Gasteiger partial charge < -0.3 is 9.47 Å². The minimum absolute atomic E-state index is 0.0208. The van der Waals surface area contributed by atoms with E-state index in [1.165, 1.54) is 5.57 Å². The number of hydrogen-bond donors (Lipinski definition) is 0. The van der Waals surface area contributed by atoms with Gasteiger partial charge in [0, 0.05) is 11.5 Å². The van der Waals surface area contributed by atoms with Gasteiger partial charge in [0.1, 0.15) is 6.61 Å². The van der Waals surface area contributed by atoms with Gasteiger partial charge in [-0.1, -0.05) is 40.7 Å². The quantitative estimate of drug-likeness (QED) is 0.533. The molecule has 2 heterocycles. The van der Waals surface area contributed by atoms with Crippen LogP contribution in [0.25, 0.3) is 0 Å². The molecule has 1 spiro atoms. The lowest BCUT2D eigenvalue weighted by atomic mass is 9.49. The van der Waals surface area contributed by atoms with Crippen molar-refractivity contribution in [1.29, 1.82) is 0 Å². The summed E-state index contributed by atoms with van der Waals surface area (Å²) in [6, 6.07) is 0. The van der Waals surface area contributed by atoms with E-state index in [-0.39, 0.29) is 29.2 Å². The van der Waals surface area contributed by atoms with E-state index in [4.69, 9.17) is 9.47 Å². The van der Waals surface area contributed by atoms with Crippen molar-refractivity contribution in [3.63, 3.8) is 0 Å². The summed E-state index contributed by atoms with van der Waals surface area (Å²) in [6.45, 7) is 11.1. The van der Waals surface area contributed by atoms with Crippen LogP contribution >= 0.6 is 0 Å². The van der Waals surface area contributed by atoms with E-state index in [0.717, 1.165) is 43.3 Å². The van der Waals surface area contributed by atoms with E-state index in [2.05, 4.69) is 26.8 Å². The number of epoxide rings is 1. The molecule has 0 aromatic heterocycles. The molecule has 0 aromatic rings. The number of Topliss-reactive ketones (excluding diaryl/α,β-unsaturated/α-hetero) is 1. The van der Waals surface area contributed by atoms with Gasteiger partial charge in [0.2, 0.25) is 0 Å². The minimum atomic E-state index is -0.569. The molecule has 0 N–H and O–H groups in total. The van der Waals surface area contributed by atoms with Gasteiger partial charge in [-0.05, 0) is 60.5 Å². The first-order valence-electron chi connectivity index (χ1n) is 10.7. The fraction of sp³-hybridized carbons (Fsp3) is 0.739. The summed E-state index contributed by atoms with van der Waals surface area (Å²) in [7, 11) is 0. The lowest BCUT2D eigenvalue weighted by Crippen LogP contribution is -2.55. The SMILES string of the molecule is CC.CCC(C)C1=CCC2C3(C)CCC4=C(COC4=O)C3CC3OC32C1=O. The van der Waals surface area contributed by atoms with Crippen LogP contribution in [0.3, 0.4) is 0 Å². The molecular weight excluding hydrogens is 340 g/mol. The number of allylic oxidation sites excluding steroid dienone is 1. The number of esters is 1. The van der Waals surface area contributed by atoms with Crippen molar-refractivity contribution in [3.05, 3.63) is 22.8 Å². The zero-order chi connectivity index (χ0) is 19.6. The van der Waals surface area contributed by atoms with Crippen LogP contribution in [-0.4, -0.2) is 30.1 Å². The summed E-state index contributed by atoms with van der Waals surface area (Å²) in [4.78, 5) is 25.3. The van der Waals surface area contributed by atoms with Crippen molar-refractivity contribution in [2.24, 2.45) is 23.2 Å². The number of carbonyl (C=O) groups is 2. The molecular formula is C23H32O4. The van der Waals surface area contributed by atoms with Crippen LogP contribution in [0.2, 0.25) is 0 Å². The zero-order valence-electron chi connectivity index (χ0n) is 17.3. The molecule has 0 aromatic carbocycles. The molecule has 3 aliphatic carbocycles. The standard InChI is InChI=1S/C21H26O4.C2H6/c1-4-11(2)12-5-6-16-20(3)8-7-13-14(10-24-19(13)23)15(20)9-17-21(16,25-17)18(12)22;1-2/h5,11,15-17H,4,6-10H2,1-3H3;1-2H3. The van der Waals surface area contributed by atoms with Crippen molar-refractivity contribution in [2.45, 2.75) is 78.4 Å². The Kier molecular flexibility index (Phi) is 4.41. The highest BCUT2D eigenvalue weighted by molar-refractivity contribution is 6.06. The number of ether oxygens (including phenoxy) is 2. The van der Waals surface area contributed by atoms with Crippen molar-refractivity contribution in [2.75, 3.05) is 6.61 Å². The summed E-state index contributed by atoms with van der Waals surface area (Å²) in [5.74, 6) is 0.985. The molecule has 0 amide bonds. The van der Waals surface area contributed by atoms with Crippen molar-refractivity contribution < 1.29 is 19.1 Å². The first kappa shape index (κ1) is 18.9. The molecule has 1 saturated carbocycles. The van der Waals surface area contributed by atoms with Crippen LogP contribution in [0.15, 0.2) is 22.8 Å². The van der Waals surface area contributed by atoms with Crippen molar-refractivity contribution >= 4 is 11.8 Å². The number of fused-ring (bicyclic) bond motifs is 3. The molecule has 4 heteroatoms. The smallest absolute Gasteiger partial charge is 0.334 e. The molecule has 6 unspecified atom stereocenters. The normalized spacial score (nSPS) is 42.6. The highest BCUT2D eigenvalue weighted by Gasteiger charge is 2.76. The van der Waals surface area contributed by atoms with E-state index in [1.807, 2.05) is 13.8 Å². The Morgan fingerprint density at radius 3 is 2.74 bits per heavy atom. The molecule has 6 atom stereocenters. The summed E-state index contributed by atoms with van der Waals surface area (Å²) in [6.07, 6.45) is 6.73. The van der Waals surface area contributed by atoms with Gasteiger partial charge in [-0.15, -0.1) is 0 Å². The Morgan fingerprint density at radius 2 is 2.04 bits per heavy atom. The van der Waals surface area contributed by atoms with E-state index in [1.54, 1.807) is 0 Å². The molecule has 2 aliphatic heterocycles. The van der Waals surface area contributed by atoms with Gasteiger partial charge in [0.05, 0.1) is 6.10 Å². The largest absolute Gasteiger partial charge is 0.458 e. The zero-order valence-corrected chi connectivity index (χ0v) is 17.3. The van der Waals surface area contributed by atoms with E-state index < -0.39 is 5.60 Å². The van der Waals surface area contributed by atoms with Gasteiger partial charge in [-0.25, -0.2) is 4.79 Å². The van der Waals surface area contributed by atoms with Crippen LogP contribution in [0.1, 0.15) is 66.7 Å². The number of hydrogen-bond acceptors (Lipinski definition) is 4. The van der Waals surface area contributed by atoms with Crippen LogP contribution in [0.4, 0.5) is 0 Å². The maximum Gasteiger partial charge on any atom is 0.334 e. The first-order chi connectivity index (χ1) is 12.9. The lowest BCUT2D eigenvalue weighted by Gasteiger charge is -2.52. The highest BCUT2D eigenvalue weighted by atomic mass is 16.6. The Bertz CT molecular complexity index is 747. The first-order valence-corrected chi connectivity index (χ1v) is 10.7. The van der Waals surface area contributed by atoms with Gasteiger partial charge in [0.25, 0.3) is 0 Å². The Labute approximate surface area is 162 Å². The maximum absolute atomic E-state index is 13.3. The molecule has 1 saturated heterocycles. The average molecular weight is 373 g/mol. The molecule has 5 aliphatic rings. The number of carbonyl (C=O) groups excluding carboxylic acids is 2. The summed E-state index contributed by atoms with van der Waals surface area (Å²) in [5.41, 5.74) is 2.55. The molecule has 2 fully saturated rings. The fourth-order valence-corrected chi connectivity index (χ4v) is 6.26. The van der Waals surface area contributed by atoms with Gasteiger partial charge in [0.15, 0.2) is 11.4 Å². The average Bonchev–Trinajstić information content (AvgIpc) is 3.28. The van der Waals surface area contributed by atoms with Crippen molar-refractivity contribution in [1.82, 2.24) is 0 Å². The third kappa shape index (κ3) is 2.31. The molecule has 4 nitrogen and oxygen atoms in total. The predicted molar refractivity (Wildman–Crippen MR) is 103 cm³/mol. The van der Waals surface area contributed by atoms with Crippen LogP contribution in [0.5, 0.6) is 0 Å². The van der Waals surface area contributed by atoms with Gasteiger partial charge in [-0.2, -0.15) is 0 Å². The van der Waals surface area contributed by atoms with E-state index >= 15 is 0 Å². The van der Waals surface area contributed by atoms with E-state index in [0.29, 0.717) is 18.4 Å². The second kappa shape index (κ2) is 6.30. The van der Waals surface area contributed by atoms with Gasteiger partial charge in [-0.3, -0.25) is 4.79 Å². The summed E-state index contributed by atoms with van der Waals surface area (Å²) in [5, 5.41) is 0. The Balaban J connectivity index is 0.000000872. The summed E-state index contributed by atoms with van der Waals surface area (Å²) < 4.78 is 11.5. The van der Waals surface area contributed by atoms with Crippen LogP contribution in [-0.2, 0) is 19.1 Å². The van der Waals surface area contributed by atoms with Crippen molar-refractivity contribution in [3.8, 4) is 0 Å². The number of rotatable bonds is 2. The second-order valence-corrected chi connectivity index (χ2v) is 8.86. The molecule has 148 valence electrons. The molecule has 0 radical (unpaired) electrons. The Morgan fingerprint density at radius 1 is 1.30 bits per heavy atom. The van der Waals surface area contributed by atoms with Gasteiger partial charge >= 0.3 is 5.97 Å². The fourth-order valence-electron chi connectivity index (χ4n) is 6.26. The van der Waals surface area contributed by atoms with Crippen LogP contribution in [0, 0.1) is 23.2 Å². The number of cyclic esters (lactones) is 1. The monoisotopic (exact) mass is 372 g/mol. The Hall–Kier alpha value is -1.42. The second-order valence-electron chi connectivity index (χ2n) is 8.86. The van der Waals surface area contributed by atoms with Crippen LogP contribution < -0.4 is 0 Å². The predicted octanol–water partition coefficient (Wildman–Crippen LogP) is 4.39. The highest BCUT2D eigenvalue weighted by Crippen LogP contribution is 2.68. The lowest BCUT2D eigenvalue weighted by molar-refractivity contribution is -0.136. The third-order valence-corrected chi connectivity index (χ3v) is 7.98. The van der Waals surface area contributed by atoms with E-state index in [9.17, 15) is 9.59 Å². The topological polar surface area (TPSA) is 55.9 Å². The molecule has 5 rings (SSSR count). The minimum Gasteiger partial charge on any atom is -0.458 e. The summed E-state index contributed by atoms with van der Waals surface area (Å²) >= 11 is 0.